The Morgan fingerprint density at radius 1 is 1.28 bits per heavy atom. The molecule has 1 aromatic carbocycles. The molecular weight excluding hydrogens is 362 g/mol. The molecule has 0 aliphatic carbocycles. The van der Waals surface area contributed by atoms with Gasteiger partial charge in [-0.3, -0.25) is 0 Å². The zero-order valence-electron chi connectivity index (χ0n) is 14.5. The van der Waals surface area contributed by atoms with Crippen molar-refractivity contribution in [3.8, 4) is 17.0 Å². The fourth-order valence-corrected chi connectivity index (χ4v) is 2.88. The van der Waals surface area contributed by atoms with E-state index in [0.717, 1.165) is 24.2 Å². The largest absolute Gasteiger partial charge is 0.491 e. The van der Waals surface area contributed by atoms with Crippen molar-refractivity contribution < 1.29 is 9.13 Å². The Bertz CT molecular complexity index is 779. The molecule has 25 heavy (non-hydrogen) atoms. The maximum absolute atomic E-state index is 13.6. The van der Waals surface area contributed by atoms with Crippen LogP contribution in [-0.2, 0) is 6.42 Å². The third-order valence-corrected chi connectivity index (χ3v) is 4.46. The van der Waals surface area contributed by atoms with E-state index in [9.17, 15) is 4.39 Å². The van der Waals surface area contributed by atoms with Gasteiger partial charge in [-0.1, -0.05) is 29.3 Å². The van der Waals surface area contributed by atoms with Crippen molar-refractivity contribution >= 4 is 23.2 Å². The standard InChI is InChI=1S/C19H21Cl2FN2O/c1-4-9-23-10-8-13-11-12(3)19(25-5-2)18(24-13)14-6-7-15(22)17(21)16(14)20/h4,6-7,9,11,23H,5,8,10H2,1-3H3/b9-4-. The van der Waals surface area contributed by atoms with Crippen LogP contribution in [0.2, 0.25) is 10.0 Å². The zero-order valence-corrected chi connectivity index (χ0v) is 16.0. The summed E-state index contributed by atoms with van der Waals surface area (Å²) in [6.45, 7) is 7.05. The number of benzene rings is 1. The van der Waals surface area contributed by atoms with Crippen molar-refractivity contribution in [2.45, 2.75) is 27.2 Å². The van der Waals surface area contributed by atoms with Gasteiger partial charge in [-0.05, 0) is 50.7 Å². The van der Waals surface area contributed by atoms with E-state index in [2.05, 4.69) is 5.32 Å². The van der Waals surface area contributed by atoms with Crippen LogP contribution in [0.5, 0.6) is 5.75 Å². The monoisotopic (exact) mass is 382 g/mol. The van der Waals surface area contributed by atoms with Crippen LogP contribution in [0.15, 0.2) is 30.5 Å². The second kappa shape index (κ2) is 9.07. The van der Waals surface area contributed by atoms with Crippen molar-refractivity contribution in [3.63, 3.8) is 0 Å². The lowest BCUT2D eigenvalue weighted by molar-refractivity contribution is 0.338. The van der Waals surface area contributed by atoms with E-state index in [1.807, 2.05) is 39.1 Å². The summed E-state index contributed by atoms with van der Waals surface area (Å²) >= 11 is 12.2. The van der Waals surface area contributed by atoms with Gasteiger partial charge in [0.15, 0.2) is 0 Å². The number of aryl methyl sites for hydroxylation is 1. The summed E-state index contributed by atoms with van der Waals surface area (Å²) in [7, 11) is 0. The summed E-state index contributed by atoms with van der Waals surface area (Å²) < 4.78 is 19.4. The average Bonchev–Trinajstić information content (AvgIpc) is 2.59. The lowest BCUT2D eigenvalue weighted by Gasteiger charge is -2.16. The average molecular weight is 383 g/mol. The van der Waals surface area contributed by atoms with Crippen LogP contribution in [0.3, 0.4) is 0 Å². The molecule has 2 aromatic rings. The smallest absolute Gasteiger partial charge is 0.148 e. The molecule has 6 heteroatoms. The molecule has 0 radical (unpaired) electrons. The minimum absolute atomic E-state index is 0.110. The Kier molecular flexibility index (Phi) is 7.09. The van der Waals surface area contributed by atoms with Crippen molar-refractivity contribution in [1.82, 2.24) is 10.3 Å². The van der Waals surface area contributed by atoms with Gasteiger partial charge < -0.3 is 10.1 Å². The lowest BCUT2D eigenvalue weighted by atomic mass is 10.1. The minimum Gasteiger partial charge on any atom is -0.491 e. The van der Waals surface area contributed by atoms with E-state index >= 15 is 0 Å². The molecule has 0 atom stereocenters. The van der Waals surface area contributed by atoms with Gasteiger partial charge in [0, 0.05) is 24.2 Å². The number of hydrogen-bond acceptors (Lipinski definition) is 3. The van der Waals surface area contributed by atoms with Gasteiger partial charge in [0.05, 0.1) is 16.7 Å². The van der Waals surface area contributed by atoms with Crippen LogP contribution in [0.25, 0.3) is 11.3 Å². The first-order valence-electron chi connectivity index (χ1n) is 8.11. The predicted molar refractivity (Wildman–Crippen MR) is 102 cm³/mol. The van der Waals surface area contributed by atoms with E-state index < -0.39 is 5.82 Å². The molecule has 0 aliphatic heterocycles. The Balaban J connectivity index is 2.50. The van der Waals surface area contributed by atoms with Gasteiger partial charge in [-0.2, -0.15) is 0 Å². The minimum atomic E-state index is -0.559. The fourth-order valence-electron chi connectivity index (χ4n) is 2.48. The van der Waals surface area contributed by atoms with Gasteiger partial charge in [0.2, 0.25) is 0 Å². The SMILES string of the molecule is C/C=C\NCCc1cc(C)c(OCC)c(-c2ccc(F)c(Cl)c2Cl)n1. The number of ether oxygens (including phenoxy) is 1. The third-order valence-electron chi connectivity index (χ3n) is 3.60. The third kappa shape index (κ3) is 4.65. The highest BCUT2D eigenvalue weighted by atomic mass is 35.5. The summed E-state index contributed by atoms with van der Waals surface area (Å²) in [6, 6.07) is 4.86. The van der Waals surface area contributed by atoms with Crippen LogP contribution in [0, 0.1) is 12.7 Å². The molecule has 1 heterocycles. The Hall–Kier alpha value is -1.78. The Morgan fingerprint density at radius 3 is 2.72 bits per heavy atom. The predicted octanol–water partition coefficient (Wildman–Crippen LogP) is 5.57. The Morgan fingerprint density at radius 2 is 2.04 bits per heavy atom. The van der Waals surface area contributed by atoms with E-state index in [0.29, 0.717) is 23.6 Å². The fraction of sp³-hybridized carbons (Fsp3) is 0.316. The molecule has 0 spiro atoms. The normalized spacial score (nSPS) is 11.1. The molecule has 1 N–H and O–H groups in total. The summed E-state index contributed by atoms with van der Waals surface area (Å²) in [5, 5.41) is 3.21. The van der Waals surface area contributed by atoms with Crippen LogP contribution < -0.4 is 10.1 Å². The van der Waals surface area contributed by atoms with E-state index in [4.69, 9.17) is 32.9 Å². The first kappa shape index (κ1) is 19.5. The van der Waals surface area contributed by atoms with Crippen molar-refractivity contribution in [2.24, 2.45) is 0 Å². The van der Waals surface area contributed by atoms with Crippen LogP contribution in [0.1, 0.15) is 25.1 Å². The first-order chi connectivity index (χ1) is 12.0. The van der Waals surface area contributed by atoms with Crippen LogP contribution >= 0.6 is 23.2 Å². The number of allylic oxidation sites excluding steroid dienone is 1. The number of pyridine rings is 1. The molecule has 3 nitrogen and oxygen atoms in total. The van der Waals surface area contributed by atoms with E-state index in [-0.39, 0.29) is 10.0 Å². The number of aromatic nitrogens is 1. The molecule has 0 saturated heterocycles. The molecule has 134 valence electrons. The maximum atomic E-state index is 13.6. The summed E-state index contributed by atoms with van der Waals surface area (Å²) in [4.78, 5) is 4.70. The second-order valence-corrected chi connectivity index (χ2v) is 6.22. The van der Waals surface area contributed by atoms with Crippen molar-refractivity contribution in [1.29, 1.82) is 0 Å². The highest BCUT2D eigenvalue weighted by Crippen LogP contribution is 2.39. The summed E-state index contributed by atoms with van der Waals surface area (Å²) in [6.07, 6.45) is 4.55. The van der Waals surface area contributed by atoms with Gasteiger partial charge >= 0.3 is 0 Å². The summed E-state index contributed by atoms with van der Waals surface area (Å²) in [5.41, 5.74) is 2.98. The summed E-state index contributed by atoms with van der Waals surface area (Å²) in [5.74, 6) is 0.0778. The zero-order chi connectivity index (χ0) is 18.4. The topological polar surface area (TPSA) is 34.1 Å². The molecule has 0 bridgehead atoms. The van der Waals surface area contributed by atoms with Gasteiger partial charge in [0.25, 0.3) is 0 Å². The molecular formula is C19H21Cl2FN2O. The molecule has 0 aliphatic rings. The lowest BCUT2D eigenvalue weighted by Crippen LogP contribution is -2.11. The highest BCUT2D eigenvalue weighted by Gasteiger charge is 2.19. The van der Waals surface area contributed by atoms with Gasteiger partial charge in [0.1, 0.15) is 17.3 Å². The molecule has 0 fully saturated rings. The molecule has 0 unspecified atom stereocenters. The molecule has 0 saturated carbocycles. The number of hydrogen-bond donors (Lipinski definition) is 1. The number of nitrogens with one attached hydrogen (secondary N) is 1. The van der Waals surface area contributed by atoms with Gasteiger partial charge in [-0.25, -0.2) is 9.37 Å². The number of nitrogens with zero attached hydrogens (tertiary/aromatic N) is 1. The number of rotatable bonds is 7. The van der Waals surface area contributed by atoms with E-state index in [1.54, 1.807) is 6.07 Å². The van der Waals surface area contributed by atoms with Crippen LogP contribution in [0.4, 0.5) is 4.39 Å². The first-order valence-corrected chi connectivity index (χ1v) is 8.86. The number of halogens is 3. The maximum Gasteiger partial charge on any atom is 0.148 e. The molecule has 2 rings (SSSR count). The molecule has 0 amide bonds. The van der Waals surface area contributed by atoms with Crippen molar-refractivity contribution in [2.75, 3.05) is 13.2 Å². The van der Waals surface area contributed by atoms with Crippen molar-refractivity contribution in [3.05, 3.63) is 57.6 Å². The van der Waals surface area contributed by atoms with E-state index in [1.165, 1.54) is 6.07 Å². The highest BCUT2D eigenvalue weighted by molar-refractivity contribution is 6.43. The van der Waals surface area contributed by atoms with Crippen LogP contribution in [-0.4, -0.2) is 18.1 Å². The Labute approximate surface area is 157 Å². The second-order valence-electron chi connectivity index (χ2n) is 5.47. The quantitative estimate of drug-likeness (QED) is 0.502. The molecule has 1 aromatic heterocycles. The van der Waals surface area contributed by atoms with Gasteiger partial charge in [-0.15, -0.1) is 0 Å².